The van der Waals surface area contributed by atoms with Gasteiger partial charge in [-0.2, -0.15) is 4.98 Å². The first-order valence-electron chi connectivity index (χ1n) is 8.38. The third-order valence-corrected chi connectivity index (χ3v) is 4.11. The maximum absolute atomic E-state index is 8.96. The highest BCUT2D eigenvalue weighted by Gasteiger charge is 2.07. The molecular formula is C19H20ClN5O. The standard InChI is InChI=1S/C19H20ClN5O/c20-16-5-2-1-4-15(16)13-23-18-12-17(14-6-9-21-10-7-14)24-19(25-18)22-8-3-11-26/h1-2,4-7,9-10,12,26H,3,8,11,13H2,(H2,22,23,24,25). The molecule has 0 radical (unpaired) electrons. The van der Waals surface area contributed by atoms with E-state index in [-0.39, 0.29) is 6.61 Å². The van der Waals surface area contributed by atoms with Gasteiger partial charge < -0.3 is 15.7 Å². The summed E-state index contributed by atoms with van der Waals surface area (Å²) in [5.74, 6) is 1.20. The Hall–Kier alpha value is -2.70. The van der Waals surface area contributed by atoms with E-state index in [4.69, 9.17) is 16.7 Å². The molecule has 2 aromatic heterocycles. The molecule has 0 amide bonds. The Labute approximate surface area is 157 Å². The molecule has 26 heavy (non-hydrogen) atoms. The molecular weight excluding hydrogens is 350 g/mol. The average molecular weight is 370 g/mol. The van der Waals surface area contributed by atoms with Crippen LogP contribution in [0.4, 0.5) is 11.8 Å². The Morgan fingerprint density at radius 1 is 1.00 bits per heavy atom. The van der Waals surface area contributed by atoms with E-state index in [2.05, 4.69) is 25.6 Å². The number of rotatable bonds is 8. The molecule has 6 nitrogen and oxygen atoms in total. The van der Waals surface area contributed by atoms with Crippen molar-refractivity contribution in [3.05, 3.63) is 65.4 Å². The minimum atomic E-state index is 0.120. The predicted octanol–water partition coefficient (Wildman–Crippen LogP) is 3.60. The van der Waals surface area contributed by atoms with Gasteiger partial charge in [-0.3, -0.25) is 4.98 Å². The van der Waals surface area contributed by atoms with Crippen molar-refractivity contribution >= 4 is 23.4 Å². The Morgan fingerprint density at radius 3 is 2.58 bits per heavy atom. The highest BCUT2D eigenvalue weighted by Crippen LogP contribution is 2.22. The Kier molecular flexibility index (Phi) is 6.35. The molecule has 1 aromatic carbocycles. The van der Waals surface area contributed by atoms with Gasteiger partial charge in [0.05, 0.1) is 5.69 Å². The van der Waals surface area contributed by atoms with Crippen LogP contribution in [0, 0.1) is 0 Å². The molecule has 0 saturated heterocycles. The van der Waals surface area contributed by atoms with Crippen molar-refractivity contribution in [2.24, 2.45) is 0 Å². The molecule has 3 N–H and O–H groups in total. The van der Waals surface area contributed by atoms with Gasteiger partial charge in [-0.15, -0.1) is 0 Å². The van der Waals surface area contributed by atoms with Crippen LogP contribution in [-0.2, 0) is 6.54 Å². The third-order valence-electron chi connectivity index (χ3n) is 3.74. The fraction of sp³-hybridized carbons (Fsp3) is 0.211. The summed E-state index contributed by atoms with van der Waals surface area (Å²) in [6.07, 6.45) is 4.09. The van der Waals surface area contributed by atoms with Crippen LogP contribution in [0.3, 0.4) is 0 Å². The summed E-state index contributed by atoms with van der Waals surface area (Å²) in [5.41, 5.74) is 2.73. The van der Waals surface area contributed by atoms with Gasteiger partial charge in [0, 0.05) is 48.7 Å². The summed E-state index contributed by atoms with van der Waals surface area (Å²) >= 11 is 6.22. The van der Waals surface area contributed by atoms with E-state index in [9.17, 15) is 0 Å². The SMILES string of the molecule is OCCCNc1nc(NCc2ccccc2Cl)cc(-c2ccncc2)n1. The minimum Gasteiger partial charge on any atom is -0.396 e. The number of hydrogen-bond acceptors (Lipinski definition) is 6. The summed E-state index contributed by atoms with van der Waals surface area (Å²) < 4.78 is 0. The number of anilines is 2. The normalized spacial score (nSPS) is 10.5. The molecule has 2 heterocycles. The lowest BCUT2D eigenvalue weighted by atomic mass is 10.2. The zero-order valence-electron chi connectivity index (χ0n) is 14.2. The molecule has 0 spiro atoms. The van der Waals surface area contributed by atoms with Crippen LogP contribution in [0.5, 0.6) is 0 Å². The van der Waals surface area contributed by atoms with Crippen molar-refractivity contribution in [1.29, 1.82) is 0 Å². The Morgan fingerprint density at radius 2 is 1.81 bits per heavy atom. The topological polar surface area (TPSA) is 83.0 Å². The summed E-state index contributed by atoms with van der Waals surface area (Å²) in [4.78, 5) is 13.1. The van der Waals surface area contributed by atoms with E-state index in [1.165, 1.54) is 0 Å². The molecule has 0 atom stereocenters. The summed E-state index contributed by atoms with van der Waals surface area (Å²) in [6.45, 7) is 1.28. The second-order valence-corrected chi connectivity index (χ2v) is 6.05. The zero-order valence-corrected chi connectivity index (χ0v) is 14.9. The minimum absolute atomic E-state index is 0.120. The fourth-order valence-corrected chi connectivity index (χ4v) is 2.60. The van der Waals surface area contributed by atoms with Gasteiger partial charge >= 0.3 is 0 Å². The molecule has 0 saturated carbocycles. The van der Waals surface area contributed by atoms with Crippen LogP contribution in [0.15, 0.2) is 54.9 Å². The van der Waals surface area contributed by atoms with Crippen molar-refractivity contribution in [1.82, 2.24) is 15.0 Å². The molecule has 7 heteroatoms. The van der Waals surface area contributed by atoms with Crippen LogP contribution in [-0.4, -0.2) is 33.2 Å². The van der Waals surface area contributed by atoms with Crippen LogP contribution in [0.25, 0.3) is 11.3 Å². The first kappa shape index (κ1) is 18.1. The number of nitrogens with one attached hydrogen (secondary N) is 2. The predicted molar refractivity (Wildman–Crippen MR) is 104 cm³/mol. The number of pyridine rings is 1. The van der Waals surface area contributed by atoms with E-state index < -0.39 is 0 Å². The Balaban J connectivity index is 1.83. The van der Waals surface area contributed by atoms with E-state index in [1.54, 1.807) is 12.4 Å². The van der Waals surface area contributed by atoms with Crippen molar-refractivity contribution in [2.45, 2.75) is 13.0 Å². The van der Waals surface area contributed by atoms with Crippen molar-refractivity contribution < 1.29 is 5.11 Å². The lowest BCUT2D eigenvalue weighted by molar-refractivity contribution is 0.292. The van der Waals surface area contributed by atoms with Gasteiger partial charge in [0.25, 0.3) is 0 Å². The molecule has 3 aromatic rings. The van der Waals surface area contributed by atoms with Gasteiger partial charge in [-0.1, -0.05) is 29.8 Å². The maximum Gasteiger partial charge on any atom is 0.225 e. The molecule has 0 aliphatic heterocycles. The van der Waals surface area contributed by atoms with E-state index in [0.717, 1.165) is 16.8 Å². The second-order valence-electron chi connectivity index (χ2n) is 5.65. The average Bonchev–Trinajstić information content (AvgIpc) is 2.68. The van der Waals surface area contributed by atoms with Gasteiger partial charge in [0.1, 0.15) is 5.82 Å². The first-order valence-corrected chi connectivity index (χ1v) is 8.75. The highest BCUT2D eigenvalue weighted by atomic mass is 35.5. The number of benzene rings is 1. The third kappa shape index (κ3) is 4.91. The largest absolute Gasteiger partial charge is 0.396 e. The molecule has 0 bridgehead atoms. The van der Waals surface area contributed by atoms with Gasteiger partial charge in [0.15, 0.2) is 0 Å². The molecule has 0 aliphatic rings. The number of aliphatic hydroxyl groups excluding tert-OH is 1. The van der Waals surface area contributed by atoms with Crippen LogP contribution in [0.2, 0.25) is 5.02 Å². The number of nitrogens with zero attached hydrogens (tertiary/aromatic N) is 3. The highest BCUT2D eigenvalue weighted by molar-refractivity contribution is 6.31. The number of aliphatic hydroxyl groups is 1. The van der Waals surface area contributed by atoms with Crippen molar-refractivity contribution in [2.75, 3.05) is 23.8 Å². The van der Waals surface area contributed by atoms with Crippen molar-refractivity contribution in [3.8, 4) is 11.3 Å². The van der Waals surface area contributed by atoms with Crippen LogP contribution < -0.4 is 10.6 Å². The second kappa shape index (κ2) is 9.12. The molecule has 134 valence electrons. The molecule has 3 rings (SSSR count). The van der Waals surface area contributed by atoms with E-state index >= 15 is 0 Å². The zero-order chi connectivity index (χ0) is 18.2. The maximum atomic E-state index is 8.96. The Bertz CT molecular complexity index is 844. The summed E-state index contributed by atoms with van der Waals surface area (Å²) in [7, 11) is 0. The summed E-state index contributed by atoms with van der Waals surface area (Å²) in [6, 6.07) is 13.4. The van der Waals surface area contributed by atoms with E-state index in [0.29, 0.717) is 36.3 Å². The van der Waals surface area contributed by atoms with Crippen LogP contribution >= 0.6 is 11.6 Å². The van der Waals surface area contributed by atoms with Gasteiger partial charge in [-0.25, -0.2) is 4.98 Å². The number of halogens is 1. The smallest absolute Gasteiger partial charge is 0.225 e. The lowest BCUT2D eigenvalue weighted by Crippen LogP contribution is -2.10. The molecule has 0 unspecified atom stereocenters. The first-order chi connectivity index (χ1) is 12.8. The fourth-order valence-electron chi connectivity index (χ4n) is 2.39. The monoisotopic (exact) mass is 369 g/mol. The molecule has 0 fully saturated rings. The van der Waals surface area contributed by atoms with Crippen molar-refractivity contribution in [3.63, 3.8) is 0 Å². The number of hydrogen-bond donors (Lipinski definition) is 3. The lowest BCUT2D eigenvalue weighted by Gasteiger charge is -2.12. The summed E-state index contributed by atoms with van der Waals surface area (Å²) in [5, 5.41) is 16.1. The van der Waals surface area contributed by atoms with Gasteiger partial charge in [0.2, 0.25) is 5.95 Å². The van der Waals surface area contributed by atoms with E-state index in [1.807, 2.05) is 42.5 Å². The number of aromatic nitrogens is 3. The van der Waals surface area contributed by atoms with Crippen LogP contribution in [0.1, 0.15) is 12.0 Å². The quantitative estimate of drug-likeness (QED) is 0.526. The molecule has 0 aliphatic carbocycles. The van der Waals surface area contributed by atoms with Gasteiger partial charge in [-0.05, 0) is 30.2 Å².